The number of nitrogens with one attached hydrogen (secondary N) is 1. The van der Waals surface area contributed by atoms with E-state index in [-0.39, 0.29) is 0 Å². The average Bonchev–Trinajstić information content (AvgIpc) is 2.93. The number of hydrogen-bond acceptors (Lipinski definition) is 4. The van der Waals surface area contributed by atoms with E-state index in [0.29, 0.717) is 6.04 Å². The van der Waals surface area contributed by atoms with Crippen LogP contribution < -0.4 is 5.32 Å². The van der Waals surface area contributed by atoms with Crippen LogP contribution in [0.25, 0.3) is 0 Å². The first kappa shape index (κ1) is 13.5. The number of piperidine rings is 2. The Morgan fingerprint density at radius 1 is 1.42 bits per heavy atom. The lowest BCUT2D eigenvalue weighted by Gasteiger charge is -2.51. The van der Waals surface area contributed by atoms with Gasteiger partial charge in [-0.3, -0.25) is 4.90 Å². The van der Waals surface area contributed by atoms with Crippen LogP contribution in [0.1, 0.15) is 56.5 Å². The lowest BCUT2D eigenvalue weighted by molar-refractivity contribution is -0.0123. The first-order chi connectivity index (χ1) is 9.33. The van der Waals surface area contributed by atoms with E-state index in [2.05, 4.69) is 34.6 Å². The van der Waals surface area contributed by atoms with Gasteiger partial charge in [0.25, 0.3) is 0 Å². The number of thiazole rings is 1. The van der Waals surface area contributed by atoms with E-state index < -0.39 is 0 Å². The summed E-state index contributed by atoms with van der Waals surface area (Å²) in [6.07, 6.45) is 9.93. The van der Waals surface area contributed by atoms with Gasteiger partial charge in [-0.1, -0.05) is 13.3 Å². The molecule has 2 bridgehead atoms. The maximum atomic E-state index is 4.59. The first-order valence-corrected chi connectivity index (χ1v) is 8.55. The summed E-state index contributed by atoms with van der Waals surface area (Å²) < 4.78 is 0. The van der Waals surface area contributed by atoms with Crippen molar-refractivity contribution in [3.63, 3.8) is 0 Å². The van der Waals surface area contributed by atoms with Crippen molar-refractivity contribution in [3.8, 4) is 0 Å². The maximum absolute atomic E-state index is 4.59. The topological polar surface area (TPSA) is 28.2 Å². The van der Waals surface area contributed by atoms with Crippen LogP contribution in [0.3, 0.4) is 0 Å². The number of nitrogens with zero attached hydrogens (tertiary/aromatic N) is 2. The smallest absolute Gasteiger partial charge is 0.110 e. The molecule has 0 spiro atoms. The molecule has 2 saturated heterocycles. The molecule has 3 atom stereocenters. The molecule has 1 aromatic heterocycles. The molecule has 1 N–H and O–H groups in total. The minimum Gasteiger partial charge on any atom is -0.317 e. The standard InChI is InChI=1S/C15H25N3S/c1-3-14(15-17-7-8-19-15)18-12-5-4-6-13(18)10-11(9-12)16-2/h7-8,11-14,16H,3-6,9-10H2,1-2H3. The maximum Gasteiger partial charge on any atom is 0.110 e. The highest BCUT2D eigenvalue weighted by molar-refractivity contribution is 7.09. The van der Waals surface area contributed by atoms with E-state index in [9.17, 15) is 0 Å². The van der Waals surface area contributed by atoms with Crippen LogP contribution in [0, 0.1) is 0 Å². The van der Waals surface area contributed by atoms with Crippen molar-refractivity contribution in [3.05, 3.63) is 16.6 Å². The highest BCUT2D eigenvalue weighted by atomic mass is 32.1. The van der Waals surface area contributed by atoms with Gasteiger partial charge in [-0.05, 0) is 39.2 Å². The van der Waals surface area contributed by atoms with Gasteiger partial charge in [-0.2, -0.15) is 0 Å². The fraction of sp³-hybridized carbons (Fsp3) is 0.800. The monoisotopic (exact) mass is 279 g/mol. The summed E-state index contributed by atoms with van der Waals surface area (Å²) >= 11 is 1.83. The van der Waals surface area contributed by atoms with Crippen LogP contribution in [-0.2, 0) is 0 Å². The van der Waals surface area contributed by atoms with E-state index in [1.807, 2.05) is 17.5 Å². The summed E-state index contributed by atoms with van der Waals surface area (Å²) in [5, 5.41) is 6.95. The van der Waals surface area contributed by atoms with Crippen molar-refractivity contribution < 1.29 is 0 Å². The van der Waals surface area contributed by atoms with Crippen LogP contribution in [0.5, 0.6) is 0 Å². The molecular formula is C15H25N3S. The summed E-state index contributed by atoms with van der Waals surface area (Å²) in [6, 6.07) is 2.80. The van der Waals surface area contributed by atoms with E-state index in [1.165, 1.54) is 43.5 Å². The third-order valence-corrected chi connectivity index (χ3v) is 5.80. The molecule has 2 aliphatic rings. The summed E-state index contributed by atoms with van der Waals surface area (Å²) in [4.78, 5) is 7.41. The predicted octanol–water partition coefficient (Wildman–Crippen LogP) is 3.20. The van der Waals surface area contributed by atoms with Gasteiger partial charge in [-0.15, -0.1) is 11.3 Å². The first-order valence-electron chi connectivity index (χ1n) is 7.67. The van der Waals surface area contributed by atoms with Crippen LogP contribution in [0.2, 0.25) is 0 Å². The molecule has 0 amide bonds. The lowest BCUT2D eigenvalue weighted by atomic mass is 9.80. The van der Waals surface area contributed by atoms with Crippen LogP contribution in [-0.4, -0.2) is 35.1 Å². The second-order valence-corrected chi connectivity index (χ2v) is 6.86. The lowest BCUT2D eigenvalue weighted by Crippen LogP contribution is -2.56. The second-order valence-electron chi connectivity index (χ2n) is 5.94. The Hall–Kier alpha value is -0.450. The van der Waals surface area contributed by atoms with E-state index in [1.54, 1.807) is 0 Å². The number of aromatic nitrogens is 1. The molecule has 2 fully saturated rings. The third kappa shape index (κ3) is 2.58. The van der Waals surface area contributed by atoms with Crippen molar-refractivity contribution in [2.45, 2.75) is 69.6 Å². The Kier molecular flexibility index (Phi) is 4.20. The van der Waals surface area contributed by atoms with E-state index in [4.69, 9.17) is 0 Å². The molecule has 3 nitrogen and oxygen atoms in total. The fourth-order valence-corrected chi connectivity index (χ4v) is 4.90. The second kappa shape index (κ2) is 5.90. The van der Waals surface area contributed by atoms with Crippen molar-refractivity contribution in [1.82, 2.24) is 15.2 Å². The largest absolute Gasteiger partial charge is 0.317 e. The van der Waals surface area contributed by atoms with Crippen LogP contribution >= 0.6 is 11.3 Å². The van der Waals surface area contributed by atoms with Gasteiger partial charge >= 0.3 is 0 Å². The molecule has 0 radical (unpaired) electrons. The Morgan fingerprint density at radius 2 is 2.16 bits per heavy atom. The van der Waals surface area contributed by atoms with Gasteiger partial charge in [0.1, 0.15) is 5.01 Å². The van der Waals surface area contributed by atoms with Gasteiger partial charge in [0.15, 0.2) is 0 Å². The molecule has 2 aliphatic heterocycles. The predicted molar refractivity (Wildman–Crippen MR) is 80.5 cm³/mol. The molecule has 4 heteroatoms. The summed E-state index contributed by atoms with van der Waals surface area (Å²) in [5.41, 5.74) is 0. The molecular weight excluding hydrogens is 254 g/mol. The van der Waals surface area contributed by atoms with Gasteiger partial charge in [0.2, 0.25) is 0 Å². The SMILES string of the molecule is CCC(c1nccs1)N1C2CCCC1CC(NC)C2. The Labute approximate surface area is 120 Å². The molecule has 19 heavy (non-hydrogen) atoms. The zero-order valence-electron chi connectivity index (χ0n) is 12.0. The summed E-state index contributed by atoms with van der Waals surface area (Å²) in [5.74, 6) is 0. The third-order valence-electron chi connectivity index (χ3n) is 4.92. The molecule has 1 aromatic rings. The average molecular weight is 279 g/mol. The Bertz CT molecular complexity index is 378. The molecule has 3 rings (SSSR count). The number of rotatable bonds is 4. The van der Waals surface area contributed by atoms with Gasteiger partial charge < -0.3 is 5.32 Å². The minimum atomic E-state index is 0.549. The van der Waals surface area contributed by atoms with Crippen LogP contribution in [0.4, 0.5) is 0 Å². The zero-order valence-corrected chi connectivity index (χ0v) is 12.8. The Balaban J connectivity index is 1.83. The van der Waals surface area contributed by atoms with Crippen molar-refractivity contribution in [2.75, 3.05) is 7.05 Å². The number of fused-ring (bicyclic) bond motifs is 2. The summed E-state index contributed by atoms with van der Waals surface area (Å²) in [7, 11) is 2.12. The molecule has 0 aliphatic carbocycles. The normalized spacial score (nSPS) is 33.3. The quantitative estimate of drug-likeness (QED) is 0.917. The van der Waals surface area contributed by atoms with Crippen molar-refractivity contribution in [2.24, 2.45) is 0 Å². The molecule has 3 unspecified atom stereocenters. The van der Waals surface area contributed by atoms with Gasteiger partial charge in [0, 0.05) is 29.7 Å². The Morgan fingerprint density at radius 3 is 2.68 bits per heavy atom. The molecule has 106 valence electrons. The van der Waals surface area contributed by atoms with E-state index in [0.717, 1.165) is 18.1 Å². The summed E-state index contributed by atoms with van der Waals surface area (Å²) in [6.45, 7) is 2.31. The van der Waals surface area contributed by atoms with Gasteiger partial charge in [-0.25, -0.2) is 4.98 Å². The van der Waals surface area contributed by atoms with Gasteiger partial charge in [0.05, 0.1) is 6.04 Å². The fourth-order valence-electron chi connectivity index (χ4n) is 4.07. The highest BCUT2D eigenvalue weighted by Crippen LogP contribution is 2.41. The van der Waals surface area contributed by atoms with Crippen molar-refractivity contribution in [1.29, 1.82) is 0 Å². The molecule has 3 heterocycles. The van der Waals surface area contributed by atoms with E-state index >= 15 is 0 Å². The molecule has 0 saturated carbocycles. The van der Waals surface area contributed by atoms with Crippen molar-refractivity contribution >= 4 is 11.3 Å². The molecule has 0 aromatic carbocycles. The minimum absolute atomic E-state index is 0.549. The number of hydrogen-bond donors (Lipinski definition) is 1. The van der Waals surface area contributed by atoms with Crippen LogP contribution in [0.15, 0.2) is 11.6 Å². The zero-order chi connectivity index (χ0) is 13.2. The highest BCUT2D eigenvalue weighted by Gasteiger charge is 2.41.